The third-order valence-corrected chi connectivity index (χ3v) is 7.57. The van der Waals surface area contributed by atoms with Crippen molar-refractivity contribution in [1.82, 2.24) is 19.6 Å². The number of aromatic nitrogens is 2. The molecule has 2 heterocycles. The van der Waals surface area contributed by atoms with Crippen molar-refractivity contribution in [2.24, 2.45) is 5.92 Å². The number of fused-ring (bicyclic) bond motifs is 1. The molecule has 9 nitrogen and oxygen atoms in total. The van der Waals surface area contributed by atoms with Crippen molar-refractivity contribution in [2.75, 3.05) is 32.6 Å². The molecule has 1 aliphatic carbocycles. The lowest BCUT2D eigenvalue weighted by molar-refractivity contribution is -0.131. The summed E-state index contributed by atoms with van der Waals surface area (Å²) in [6.45, 7) is 4.38. The van der Waals surface area contributed by atoms with E-state index in [0.717, 1.165) is 35.1 Å². The number of nitrogens with one attached hydrogen (secondary N) is 1. The van der Waals surface area contributed by atoms with Gasteiger partial charge in [0, 0.05) is 48.0 Å². The number of carbonyl (C=O) groups is 2. The maximum atomic E-state index is 13.3. The van der Waals surface area contributed by atoms with E-state index in [1.165, 1.54) is 11.3 Å². The van der Waals surface area contributed by atoms with Crippen LogP contribution in [-0.2, 0) is 4.79 Å². The second-order valence-electron chi connectivity index (χ2n) is 10.1. The molecule has 2 unspecified atom stereocenters. The molecule has 0 radical (unpaired) electrons. The van der Waals surface area contributed by atoms with Crippen LogP contribution in [0.15, 0.2) is 60.9 Å². The van der Waals surface area contributed by atoms with Gasteiger partial charge in [0.25, 0.3) is 5.91 Å². The number of para-hydroxylation sites is 1. The average Bonchev–Trinajstić information content (AvgIpc) is 3.51. The minimum absolute atomic E-state index is 0.0660. The molecular weight excluding hydrogens is 480 g/mol. The number of amides is 2. The van der Waals surface area contributed by atoms with Gasteiger partial charge in [-0.3, -0.25) is 14.3 Å². The summed E-state index contributed by atoms with van der Waals surface area (Å²) in [5, 5.41) is 18.5. The van der Waals surface area contributed by atoms with E-state index < -0.39 is 6.04 Å². The highest BCUT2D eigenvalue weighted by Gasteiger charge is 2.37. The third-order valence-electron chi connectivity index (χ3n) is 7.57. The van der Waals surface area contributed by atoms with Gasteiger partial charge in [-0.2, -0.15) is 10.4 Å². The molecule has 9 heteroatoms. The first kappa shape index (κ1) is 25.3. The number of carbonyl (C=O) groups excluding carboxylic acids is 2. The number of likely N-dealkylation sites (N-methyl/N-ethyl adjacent to an activating group) is 1. The van der Waals surface area contributed by atoms with Gasteiger partial charge in [0.2, 0.25) is 5.91 Å². The SMILES string of the molecule is C=C(Nc1ccccc1)C1CC(C#N)N(C(=O)CN(C)C(=O)c2cc(OC)c3nn(C4CCC4)cc3c2)C1. The van der Waals surface area contributed by atoms with Crippen molar-refractivity contribution >= 4 is 28.4 Å². The van der Waals surface area contributed by atoms with Gasteiger partial charge in [0.1, 0.15) is 17.3 Å². The fourth-order valence-corrected chi connectivity index (χ4v) is 5.12. The van der Waals surface area contributed by atoms with Crippen LogP contribution < -0.4 is 10.1 Å². The Labute approximate surface area is 222 Å². The van der Waals surface area contributed by atoms with E-state index in [2.05, 4.69) is 23.1 Å². The van der Waals surface area contributed by atoms with Crippen LogP contribution in [0.5, 0.6) is 5.75 Å². The van der Waals surface area contributed by atoms with E-state index in [4.69, 9.17) is 4.74 Å². The maximum Gasteiger partial charge on any atom is 0.254 e. The van der Waals surface area contributed by atoms with Gasteiger partial charge in [-0.1, -0.05) is 24.8 Å². The topological polar surface area (TPSA) is 103 Å². The Kier molecular flexibility index (Phi) is 7.05. The number of hydrogen-bond donors (Lipinski definition) is 1. The summed E-state index contributed by atoms with van der Waals surface area (Å²) in [4.78, 5) is 29.5. The fourth-order valence-electron chi connectivity index (χ4n) is 5.12. The minimum Gasteiger partial charge on any atom is -0.494 e. The Morgan fingerprint density at radius 3 is 2.68 bits per heavy atom. The standard InChI is InChI=1S/C29H32N6O3/c1-19(31-23-8-5-4-6-9-23)21-13-25(15-30)34(16-21)27(36)18-33(2)29(37)20-12-22-17-35(24-10-7-11-24)32-28(22)26(14-20)38-3/h4-6,8-9,12,14,17,21,24-25,31H,1,7,10-11,13,16,18H2,2-3H3. The molecule has 2 aliphatic rings. The second-order valence-corrected chi connectivity index (χ2v) is 10.1. The van der Waals surface area contributed by atoms with Gasteiger partial charge in [0.15, 0.2) is 0 Å². The van der Waals surface area contributed by atoms with E-state index in [0.29, 0.717) is 30.3 Å². The number of likely N-dealkylation sites (tertiary alicyclic amines) is 1. The zero-order chi connectivity index (χ0) is 26.8. The van der Waals surface area contributed by atoms with E-state index >= 15 is 0 Å². The summed E-state index contributed by atoms with van der Waals surface area (Å²) < 4.78 is 7.50. The molecule has 3 aromatic rings. The monoisotopic (exact) mass is 512 g/mol. The van der Waals surface area contributed by atoms with Crippen molar-refractivity contribution < 1.29 is 14.3 Å². The first-order valence-corrected chi connectivity index (χ1v) is 12.9. The number of rotatable bonds is 8. The Morgan fingerprint density at radius 1 is 1.26 bits per heavy atom. The van der Waals surface area contributed by atoms with Crippen LogP contribution in [-0.4, -0.2) is 64.7 Å². The highest BCUT2D eigenvalue weighted by molar-refractivity contribution is 6.01. The van der Waals surface area contributed by atoms with Gasteiger partial charge in [-0.25, -0.2) is 0 Å². The molecule has 2 fully saturated rings. The molecule has 0 spiro atoms. The number of nitriles is 1. The van der Waals surface area contributed by atoms with E-state index in [1.54, 1.807) is 31.2 Å². The highest BCUT2D eigenvalue weighted by atomic mass is 16.5. The third kappa shape index (κ3) is 4.94. The van der Waals surface area contributed by atoms with Gasteiger partial charge in [0.05, 0.1) is 25.8 Å². The number of benzene rings is 2. The van der Waals surface area contributed by atoms with Gasteiger partial charge in [-0.05, 0) is 49.9 Å². The quantitative estimate of drug-likeness (QED) is 0.485. The average molecular weight is 513 g/mol. The number of hydrogen-bond acceptors (Lipinski definition) is 6. The number of anilines is 1. The van der Waals surface area contributed by atoms with Crippen molar-refractivity contribution in [1.29, 1.82) is 5.26 Å². The van der Waals surface area contributed by atoms with E-state index in [9.17, 15) is 14.9 Å². The minimum atomic E-state index is -0.570. The van der Waals surface area contributed by atoms with Crippen LogP contribution in [0, 0.1) is 17.2 Å². The lowest BCUT2D eigenvalue weighted by Gasteiger charge is -2.25. The summed E-state index contributed by atoms with van der Waals surface area (Å²) in [6.07, 6.45) is 5.86. The molecule has 38 heavy (non-hydrogen) atoms. The van der Waals surface area contributed by atoms with Crippen LogP contribution in [0.3, 0.4) is 0 Å². The maximum absolute atomic E-state index is 13.3. The highest BCUT2D eigenvalue weighted by Crippen LogP contribution is 2.34. The molecule has 0 bridgehead atoms. The number of methoxy groups -OCH3 is 1. The molecule has 1 N–H and O–H groups in total. The lowest BCUT2D eigenvalue weighted by atomic mass is 9.93. The summed E-state index contributed by atoms with van der Waals surface area (Å²) in [7, 11) is 3.16. The van der Waals surface area contributed by atoms with Crippen LogP contribution in [0.25, 0.3) is 10.9 Å². The predicted octanol–water partition coefficient (Wildman–Crippen LogP) is 4.21. The molecule has 1 aliphatic heterocycles. The summed E-state index contributed by atoms with van der Waals surface area (Å²) in [5.74, 6) is -0.105. The first-order chi connectivity index (χ1) is 18.4. The smallest absolute Gasteiger partial charge is 0.254 e. The molecule has 1 aromatic heterocycles. The van der Waals surface area contributed by atoms with E-state index in [-0.39, 0.29) is 24.3 Å². The van der Waals surface area contributed by atoms with Gasteiger partial charge >= 0.3 is 0 Å². The Morgan fingerprint density at radius 2 is 2.03 bits per heavy atom. The number of ether oxygens (including phenoxy) is 1. The van der Waals surface area contributed by atoms with Gasteiger partial charge < -0.3 is 19.9 Å². The summed E-state index contributed by atoms with van der Waals surface area (Å²) >= 11 is 0. The van der Waals surface area contributed by atoms with Crippen molar-refractivity contribution in [3.8, 4) is 11.8 Å². The van der Waals surface area contributed by atoms with Crippen molar-refractivity contribution in [2.45, 2.75) is 37.8 Å². The fraction of sp³-hybridized carbons (Fsp3) is 0.379. The van der Waals surface area contributed by atoms with Crippen molar-refractivity contribution in [3.05, 3.63) is 66.5 Å². The second kappa shape index (κ2) is 10.6. The molecule has 2 atom stereocenters. The molecule has 2 amide bonds. The molecule has 5 rings (SSSR count). The molecule has 196 valence electrons. The molecular formula is C29H32N6O3. The largest absolute Gasteiger partial charge is 0.494 e. The molecule has 1 saturated heterocycles. The van der Waals surface area contributed by atoms with Crippen LogP contribution in [0.4, 0.5) is 5.69 Å². The van der Waals surface area contributed by atoms with Crippen LogP contribution in [0.1, 0.15) is 42.1 Å². The van der Waals surface area contributed by atoms with Gasteiger partial charge in [-0.15, -0.1) is 0 Å². The summed E-state index contributed by atoms with van der Waals surface area (Å²) in [6, 6.07) is 15.2. The van der Waals surface area contributed by atoms with E-state index in [1.807, 2.05) is 41.2 Å². The first-order valence-electron chi connectivity index (χ1n) is 12.9. The number of nitrogens with zero attached hydrogens (tertiary/aromatic N) is 5. The summed E-state index contributed by atoms with van der Waals surface area (Å²) in [5.41, 5.74) is 2.82. The molecule has 1 saturated carbocycles. The zero-order valence-corrected chi connectivity index (χ0v) is 21.8. The normalized spacial score (nSPS) is 19.0. The van der Waals surface area contributed by atoms with Crippen molar-refractivity contribution in [3.63, 3.8) is 0 Å². The Hall–Kier alpha value is -4.32. The lowest BCUT2D eigenvalue weighted by Crippen LogP contribution is -2.43. The zero-order valence-electron chi connectivity index (χ0n) is 21.8. The van der Waals surface area contributed by atoms with Crippen LogP contribution >= 0.6 is 0 Å². The Balaban J connectivity index is 1.26. The predicted molar refractivity (Wildman–Crippen MR) is 145 cm³/mol. The Bertz CT molecular complexity index is 1400. The van der Waals surface area contributed by atoms with Crippen LogP contribution in [0.2, 0.25) is 0 Å². The molecule has 2 aromatic carbocycles.